The third-order valence-electron chi connectivity index (χ3n) is 5.66. The van der Waals surface area contributed by atoms with Crippen molar-refractivity contribution in [2.24, 2.45) is 5.92 Å². The Balaban J connectivity index is 1.76. The third kappa shape index (κ3) is 4.06. The van der Waals surface area contributed by atoms with Crippen LogP contribution in [0, 0.1) is 5.92 Å². The molecule has 0 spiro atoms. The molecule has 7 heteroatoms. The molecule has 1 aliphatic heterocycles. The van der Waals surface area contributed by atoms with Gasteiger partial charge in [-0.2, -0.15) is 5.10 Å². The SMILES string of the molecule is CC(C)C(=O)Nc1cc(-c2ccccc2)nn([C@@H](C)C(=O)N2CCc3ccccc32)c1=O. The number of benzene rings is 2. The molecule has 1 N–H and O–H groups in total. The third-order valence-corrected chi connectivity index (χ3v) is 5.66. The fourth-order valence-corrected chi connectivity index (χ4v) is 3.79. The van der Waals surface area contributed by atoms with Crippen LogP contribution >= 0.6 is 0 Å². The van der Waals surface area contributed by atoms with Crippen molar-refractivity contribution < 1.29 is 9.59 Å². The summed E-state index contributed by atoms with van der Waals surface area (Å²) in [6, 6.07) is 17.9. The Morgan fingerprint density at radius 1 is 1.00 bits per heavy atom. The number of hydrogen-bond acceptors (Lipinski definition) is 4. The Bertz CT molecular complexity index is 1220. The smallest absolute Gasteiger partial charge is 0.291 e. The molecule has 0 fully saturated rings. The average Bonchev–Trinajstić information content (AvgIpc) is 3.24. The molecule has 0 saturated carbocycles. The van der Waals surface area contributed by atoms with Crippen LogP contribution in [0.15, 0.2) is 65.5 Å². The Morgan fingerprint density at radius 2 is 1.69 bits per heavy atom. The molecule has 0 radical (unpaired) electrons. The molecule has 1 aliphatic rings. The molecule has 2 aromatic carbocycles. The Morgan fingerprint density at radius 3 is 2.41 bits per heavy atom. The number of carbonyl (C=O) groups excluding carboxylic acids is 2. The summed E-state index contributed by atoms with van der Waals surface area (Å²) < 4.78 is 1.18. The molecule has 2 amide bonds. The van der Waals surface area contributed by atoms with Crippen molar-refractivity contribution in [3.05, 3.63) is 76.6 Å². The molecular formula is C25H26N4O3. The fraction of sp³-hybridized carbons (Fsp3) is 0.280. The lowest BCUT2D eigenvalue weighted by molar-refractivity contribution is -0.121. The normalized spacial score (nSPS) is 13.7. The van der Waals surface area contributed by atoms with Crippen LogP contribution in [0.4, 0.5) is 11.4 Å². The van der Waals surface area contributed by atoms with Crippen molar-refractivity contribution in [3.63, 3.8) is 0 Å². The van der Waals surface area contributed by atoms with E-state index in [1.165, 1.54) is 4.68 Å². The second kappa shape index (κ2) is 8.78. The molecule has 7 nitrogen and oxygen atoms in total. The number of aromatic nitrogens is 2. The molecule has 164 valence electrons. The van der Waals surface area contributed by atoms with E-state index in [0.717, 1.165) is 23.2 Å². The topological polar surface area (TPSA) is 84.3 Å². The molecule has 1 aromatic heterocycles. The number of anilines is 2. The molecule has 0 bridgehead atoms. The van der Waals surface area contributed by atoms with Crippen molar-refractivity contribution in [2.75, 3.05) is 16.8 Å². The number of fused-ring (bicyclic) bond motifs is 1. The number of hydrogen-bond donors (Lipinski definition) is 1. The summed E-state index contributed by atoms with van der Waals surface area (Å²) in [6.45, 7) is 5.74. The van der Waals surface area contributed by atoms with Crippen LogP contribution in [0.3, 0.4) is 0 Å². The van der Waals surface area contributed by atoms with Gasteiger partial charge in [-0.15, -0.1) is 0 Å². The van der Waals surface area contributed by atoms with Crippen molar-refractivity contribution in [1.29, 1.82) is 0 Å². The highest BCUT2D eigenvalue weighted by molar-refractivity contribution is 5.98. The summed E-state index contributed by atoms with van der Waals surface area (Å²) in [5.74, 6) is -0.779. The van der Waals surface area contributed by atoms with E-state index in [-0.39, 0.29) is 23.4 Å². The molecule has 32 heavy (non-hydrogen) atoms. The lowest BCUT2D eigenvalue weighted by Gasteiger charge is -2.23. The summed E-state index contributed by atoms with van der Waals surface area (Å²) >= 11 is 0. The van der Waals surface area contributed by atoms with Crippen LogP contribution in [0.1, 0.15) is 32.4 Å². The van der Waals surface area contributed by atoms with Gasteiger partial charge in [0.2, 0.25) is 5.91 Å². The van der Waals surface area contributed by atoms with Gasteiger partial charge in [0.25, 0.3) is 11.5 Å². The maximum atomic E-state index is 13.4. The van der Waals surface area contributed by atoms with Crippen LogP contribution in [-0.4, -0.2) is 28.1 Å². The minimum atomic E-state index is -0.841. The molecule has 4 rings (SSSR count). The lowest BCUT2D eigenvalue weighted by Crippen LogP contribution is -2.40. The highest BCUT2D eigenvalue weighted by Gasteiger charge is 2.30. The molecule has 0 saturated heterocycles. The predicted octanol–water partition coefficient (Wildman–Crippen LogP) is 3.66. The second-order valence-electron chi connectivity index (χ2n) is 8.25. The molecule has 2 heterocycles. The van der Waals surface area contributed by atoms with Crippen molar-refractivity contribution in [2.45, 2.75) is 33.2 Å². The zero-order valence-corrected chi connectivity index (χ0v) is 18.4. The van der Waals surface area contributed by atoms with Crippen molar-refractivity contribution >= 4 is 23.2 Å². The number of nitrogens with one attached hydrogen (secondary N) is 1. The fourth-order valence-electron chi connectivity index (χ4n) is 3.79. The molecular weight excluding hydrogens is 404 g/mol. The largest absolute Gasteiger partial charge is 0.321 e. The first kappa shape index (κ1) is 21.5. The van der Waals surface area contributed by atoms with Gasteiger partial charge in [0.15, 0.2) is 0 Å². The number of para-hydroxylation sites is 1. The van der Waals surface area contributed by atoms with E-state index in [1.807, 2.05) is 54.6 Å². The molecule has 0 unspecified atom stereocenters. The van der Waals surface area contributed by atoms with Gasteiger partial charge < -0.3 is 10.2 Å². The van der Waals surface area contributed by atoms with Crippen molar-refractivity contribution in [1.82, 2.24) is 9.78 Å². The zero-order valence-electron chi connectivity index (χ0n) is 18.4. The summed E-state index contributed by atoms with van der Waals surface area (Å²) in [7, 11) is 0. The summed E-state index contributed by atoms with van der Waals surface area (Å²) in [6.07, 6.45) is 0.775. The summed E-state index contributed by atoms with van der Waals surface area (Å²) in [5, 5.41) is 7.21. The molecule has 0 aliphatic carbocycles. The lowest BCUT2D eigenvalue weighted by atomic mass is 10.1. The van der Waals surface area contributed by atoms with E-state index in [0.29, 0.717) is 12.2 Å². The Kier molecular flexibility index (Phi) is 5.90. The maximum absolute atomic E-state index is 13.4. The minimum absolute atomic E-state index is 0.110. The first-order chi connectivity index (χ1) is 15.4. The van der Waals surface area contributed by atoms with Gasteiger partial charge in [-0.05, 0) is 31.0 Å². The second-order valence-corrected chi connectivity index (χ2v) is 8.25. The Hall–Kier alpha value is -3.74. The maximum Gasteiger partial charge on any atom is 0.291 e. The standard InChI is InChI=1S/C25H26N4O3/c1-16(2)23(30)26-21-15-20(18-9-5-4-6-10-18)27-29(25(21)32)17(3)24(31)28-14-13-19-11-7-8-12-22(19)28/h4-12,15-17H,13-14H2,1-3H3,(H,26,30)/t17-/m0/s1. The Labute approximate surface area is 186 Å². The van der Waals surface area contributed by atoms with E-state index < -0.39 is 11.6 Å². The van der Waals surface area contributed by atoms with Crippen LogP contribution in [0.2, 0.25) is 0 Å². The number of nitrogens with zero attached hydrogens (tertiary/aromatic N) is 3. The van der Waals surface area contributed by atoms with Crippen molar-refractivity contribution in [3.8, 4) is 11.3 Å². The van der Waals surface area contributed by atoms with Crippen LogP contribution in [-0.2, 0) is 16.0 Å². The predicted molar refractivity (Wildman–Crippen MR) is 125 cm³/mol. The van der Waals surface area contributed by atoms with Crippen LogP contribution in [0.5, 0.6) is 0 Å². The number of amides is 2. The molecule has 3 aromatic rings. The van der Waals surface area contributed by atoms with Crippen LogP contribution in [0.25, 0.3) is 11.3 Å². The van der Waals surface area contributed by atoms with E-state index in [1.54, 1.807) is 31.7 Å². The summed E-state index contributed by atoms with van der Waals surface area (Å²) in [4.78, 5) is 40.6. The van der Waals surface area contributed by atoms with E-state index in [9.17, 15) is 14.4 Å². The van der Waals surface area contributed by atoms with Gasteiger partial charge in [-0.1, -0.05) is 62.4 Å². The highest BCUT2D eigenvalue weighted by Crippen LogP contribution is 2.29. The van der Waals surface area contributed by atoms with Gasteiger partial charge in [-0.25, -0.2) is 4.68 Å². The molecule has 1 atom stereocenters. The minimum Gasteiger partial charge on any atom is -0.321 e. The first-order valence-electron chi connectivity index (χ1n) is 10.8. The number of rotatable bonds is 5. The highest BCUT2D eigenvalue weighted by atomic mass is 16.2. The average molecular weight is 431 g/mol. The van der Waals surface area contributed by atoms with E-state index >= 15 is 0 Å². The van der Waals surface area contributed by atoms with Gasteiger partial charge in [0.05, 0.1) is 5.69 Å². The summed E-state index contributed by atoms with van der Waals surface area (Å²) in [5.41, 5.74) is 2.87. The van der Waals surface area contributed by atoms with Gasteiger partial charge in [0.1, 0.15) is 11.7 Å². The zero-order chi connectivity index (χ0) is 22.8. The monoisotopic (exact) mass is 430 g/mol. The quantitative estimate of drug-likeness (QED) is 0.670. The van der Waals surface area contributed by atoms with E-state index in [2.05, 4.69) is 10.4 Å². The van der Waals surface area contributed by atoms with Gasteiger partial charge in [0, 0.05) is 23.7 Å². The van der Waals surface area contributed by atoms with Gasteiger partial charge in [-0.3, -0.25) is 14.4 Å². The van der Waals surface area contributed by atoms with Gasteiger partial charge >= 0.3 is 0 Å². The number of carbonyl (C=O) groups is 2. The van der Waals surface area contributed by atoms with Crippen LogP contribution < -0.4 is 15.8 Å². The van der Waals surface area contributed by atoms with E-state index in [4.69, 9.17) is 0 Å². The first-order valence-corrected chi connectivity index (χ1v) is 10.8.